The average molecular weight is 626 g/mol. The molecule has 6 nitrogen and oxygen atoms in total. The summed E-state index contributed by atoms with van der Waals surface area (Å²) in [7, 11) is 0. The highest BCUT2D eigenvalue weighted by Crippen LogP contribution is 2.42. The minimum Gasteiger partial charge on any atom is -0.456 e. The second kappa shape index (κ2) is 11.9. The Balaban J connectivity index is 1.33. The highest BCUT2D eigenvalue weighted by Gasteiger charge is 2.37. The number of nitrogens with one attached hydrogen (secondary N) is 1. The van der Waals surface area contributed by atoms with E-state index in [2.05, 4.69) is 66.0 Å². The van der Waals surface area contributed by atoms with E-state index in [1.807, 2.05) is 74.5 Å². The summed E-state index contributed by atoms with van der Waals surface area (Å²) in [5.41, 5.74) is 4.77. The minimum atomic E-state index is -1.03. The third-order valence-electron chi connectivity index (χ3n) is 8.60. The molecule has 46 heavy (non-hydrogen) atoms. The Bertz CT molecular complexity index is 2090. The first-order valence-corrected chi connectivity index (χ1v) is 16.1. The van der Waals surface area contributed by atoms with Gasteiger partial charge in [0, 0.05) is 38.8 Å². The highest BCUT2D eigenvalue weighted by molar-refractivity contribution is 7.94. The maximum absolute atomic E-state index is 10.7. The van der Waals surface area contributed by atoms with E-state index < -0.39 is 11.2 Å². The summed E-state index contributed by atoms with van der Waals surface area (Å²) in [4.78, 5) is 10.9. The van der Waals surface area contributed by atoms with Crippen LogP contribution in [0, 0.1) is 0 Å². The number of hydrogen-bond donors (Lipinski definition) is 2. The lowest BCUT2D eigenvalue weighted by Gasteiger charge is -2.35. The number of hydrogen-bond acceptors (Lipinski definition) is 7. The molecule has 0 spiro atoms. The van der Waals surface area contributed by atoms with E-state index in [0.717, 1.165) is 66.3 Å². The van der Waals surface area contributed by atoms with Crippen LogP contribution in [0.2, 0.25) is 0 Å². The fourth-order valence-corrected chi connectivity index (χ4v) is 6.14. The predicted molar refractivity (Wildman–Crippen MR) is 188 cm³/mol. The summed E-state index contributed by atoms with van der Waals surface area (Å²) in [6.07, 6.45) is -0.378. The zero-order valence-electron chi connectivity index (χ0n) is 26.2. The Morgan fingerprint density at radius 3 is 2.07 bits per heavy atom. The number of amidine groups is 2. The van der Waals surface area contributed by atoms with Crippen molar-refractivity contribution in [3.63, 3.8) is 0 Å². The van der Waals surface area contributed by atoms with Crippen LogP contribution in [0.3, 0.4) is 0 Å². The van der Waals surface area contributed by atoms with E-state index in [9.17, 15) is 5.11 Å². The first kappa shape index (κ1) is 30.0. The van der Waals surface area contributed by atoms with Crippen molar-refractivity contribution >= 4 is 45.7 Å². The number of fused-ring (bicyclic) bond motifs is 3. The summed E-state index contributed by atoms with van der Waals surface area (Å²) in [5.74, 6) is 1.52. The van der Waals surface area contributed by atoms with Gasteiger partial charge in [-0.05, 0) is 68.7 Å². The minimum absolute atomic E-state index is 0.378. The number of aliphatic imine (C=N–C) groups is 2. The van der Waals surface area contributed by atoms with Crippen molar-refractivity contribution in [1.29, 1.82) is 0 Å². The van der Waals surface area contributed by atoms with E-state index in [1.54, 1.807) is 13.8 Å². The molecule has 0 bridgehead atoms. The zero-order chi connectivity index (χ0) is 31.9. The molecule has 0 aliphatic carbocycles. The number of benzene rings is 5. The maximum atomic E-state index is 10.7. The number of para-hydroxylation sites is 1. The predicted octanol–water partition coefficient (Wildman–Crippen LogP) is 9.32. The van der Waals surface area contributed by atoms with Gasteiger partial charge in [0.1, 0.15) is 28.4 Å². The molecule has 7 rings (SSSR count). The van der Waals surface area contributed by atoms with Crippen LogP contribution in [0.5, 0.6) is 0 Å². The fraction of sp³-hybridized carbons (Fsp3) is 0.179. The van der Waals surface area contributed by atoms with E-state index in [-0.39, 0.29) is 6.17 Å². The number of furan rings is 1. The zero-order valence-corrected chi connectivity index (χ0v) is 27.0. The van der Waals surface area contributed by atoms with Crippen molar-refractivity contribution in [1.82, 2.24) is 5.32 Å². The van der Waals surface area contributed by atoms with Crippen molar-refractivity contribution in [3.05, 3.63) is 138 Å². The molecule has 230 valence electrons. The maximum Gasteiger partial charge on any atom is 0.169 e. The monoisotopic (exact) mass is 625 g/mol. The molecule has 1 aromatic heterocycles. The van der Waals surface area contributed by atoms with E-state index >= 15 is 0 Å². The average Bonchev–Trinajstić information content (AvgIpc) is 3.46. The van der Waals surface area contributed by atoms with Crippen LogP contribution < -0.4 is 5.32 Å². The van der Waals surface area contributed by atoms with Crippen LogP contribution in [0.25, 0.3) is 33.1 Å². The van der Waals surface area contributed by atoms with Crippen LogP contribution in [0.1, 0.15) is 50.6 Å². The van der Waals surface area contributed by atoms with Gasteiger partial charge in [-0.25, -0.2) is 9.98 Å². The van der Waals surface area contributed by atoms with Gasteiger partial charge in [-0.1, -0.05) is 97.1 Å². The van der Waals surface area contributed by atoms with Gasteiger partial charge in [0.05, 0.1) is 5.60 Å². The van der Waals surface area contributed by atoms with E-state index in [1.165, 1.54) is 12.0 Å². The Morgan fingerprint density at radius 2 is 1.33 bits per heavy atom. The van der Waals surface area contributed by atoms with Crippen molar-refractivity contribution < 1.29 is 13.7 Å². The normalized spacial score (nSPS) is 15.5. The Kier molecular flexibility index (Phi) is 7.77. The molecule has 0 saturated heterocycles. The molecule has 5 aromatic carbocycles. The van der Waals surface area contributed by atoms with Crippen molar-refractivity contribution in [2.45, 2.75) is 50.0 Å². The van der Waals surface area contributed by atoms with E-state index in [4.69, 9.17) is 18.6 Å². The quantitative estimate of drug-likeness (QED) is 0.165. The molecule has 7 heteroatoms. The highest BCUT2D eigenvalue weighted by atomic mass is 32.2. The molecule has 1 aliphatic heterocycles. The third-order valence-corrected chi connectivity index (χ3v) is 9.53. The molecular formula is C39H35N3O3S. The summed E-state index contributed by atoms with van der Waals surface area (Å²) in [6.45, 7) is 7.28. The summed E-state index contributed by atoms with van der Waals surface area (Å²) >= 11 is 1.24. The standard InChI is InChI=1S/C39H35N3O3S/c1-38(2,43)39(3,4)45-46-29-23-31(34-30-20-11-12-21-32(30)44-33(34)24-29)27-18-13-19-28(22-27)37-41-35(25-14-7-5-8-15-25)40-36(42-37)26-16-9-6-10-17-26/h5-24,35,43H,1-4H3,(H,40,41,42). The van der Waals surface area contributed by atoms with Crippen LogP contribution in [0.4, 0.5) is 0 Å². The molecule has 1 atom stereocenters. The van der Waals surface area contributed by atoms with Crippen LogP contribution >= 0.6 is 12.0 Å². The van der Waals surface area contributed by atoms with Gasteiger partial charge in [-0.15, -0.1) is 0 Å². The molecule has 1 aliphatic rings. The van der Waals surface area contributed by atoms with Gasteiger partial charge in [-0.2, -0.15) is 0 Å². The molecule has 6 aromatic rings. The van der Waals surface area contributed by atoms with Gasteiger partial charge in [0.15, 0.2) is 6.17 Å². The largest absolute Gasteiger partial charge is 0.456 e. The van der Waals surface area contributed by atoms with Gasteiger partial charge < -0.3 is 19.0 Å². The fourth-order valence-electron chi connectivity index (χ4n) is 5.31. The van der Waals surface area contributed by atoms with Gasteiger partial charge in [0.2, 0.25) is 0 Å². The van der Waals surface area contributed by atoms with Crippen molar-refractivity contribution in [2.75, 3.05) is 0 Å². The first-order valence-electron chi connectivity index (χ1n) is 15.3. The number of rotatable bonds is 8. The SMILES string of the molecule is CC(C)(O)C(C)(C)OSc1cc(-c2cccc(C3=NC(c4ccccc4)N=C(c4ccccc4)N3)c2)c2c(c1)oc1ccccc12. The number of aliphatic hydroxyl groups is 1. The lowest BCUT2D eigenvalue weighted by Crippen LogP contribution is -2.45. The lowest BCUT2D eigenvalue weighted by atomic mass is 9.90. The van der Waals surface area contributed by atoms with Crippen molar-refractivity contribution in [3.8, 4) is 11.1 Å². The van der Waals surface area contributed by atoms with Crippen LogP contribution in [-0.4, -0.2) is 28.0 Å². The van der Waals surface area contributed by atoms with Gasteiger partial charge in [-0.3, -0.25) is 0 Å². The molecular weight excluding hydrogens is 591 g/mol. The molecule has 0 saturated carbocycles. The van der Waals surface area contributed by atoms with E-state index in [0.29, 0.717) is 0 Å². The smallest absolute Gasteiger partial charge is 0.169 e. The Hall–Kier alpha value is -4.69. The molecule has 0 fully saturated rings. The Morgan fingerprint density at radius 1 is 0.696 bits per heavy atom. The number of nitrogens with zero attached hydrogens (tertiary/aromatic N) is 2. The molecule has 0 amide bonds. The summed E-state index contributed by atoms with van der Waals surface area (Å²) in [5, 5.41) is 16.3. The third kappa shape index (κ3) is 5.85. The molecule has 2 N–H and O–H groups in total. The van der Waals surface area contributed by atoms with Crippen LogP contribution in [0.15, 0.2) is 141 Å². The summed E-state index contributed by atoms with van der Waals surface area (Å²) < 4.78 is 12.6. The molecule has 0 radical (unpaired) electrons. The van der Waals surface area contributed by atoms with Gasteiger partial charge in [0.25, 0.3) is 0 Å². The molecule has 1 unspecified atom stereocenters. The topological polar surface area (TPSA) is 79.3 Å². The van der Waals surface area contributed by atoms with Gasteiger partial charge >= 0.3 is 0 Å². The van der Waals surface area contributed by atoms with Crippen LogP contribution in [-0.2, 0) is 4.18 Å². The second-order valence-corrected chi connectivity index (χ2v) is 13.3. The molecule has 2 heterocycles. The Labute approximate surface area is 273 Å². The van der Waals surface area contributed by atoms with Crippen molar-refractivity contribution in [2.24, 2.45) is 9.98 Å². The second-order valence-electron chi connectivity index (χ2n) is 12.5. The lowest BCUT2D eigenvalue weighted by molar-refractivity contribution is -0.0813. The first-order chi connectivity index (χ1) is 22.2. The summed E-state index contributed by atoms with van der Waals surface area (Å²) in [6, 6.07) is 40.9.